The lowest BCUT2D eigenvalue weighted by atomic mass is 10.1. The lowest BCUT2D eigenvalue weighted by Crippen LogP contribution is -2.51. The number of anilines is 1. The first-order chi connectivity index (χ1) is 11.0. The Bertz CT molecular complexity index is 614. The van der Waals surface area contributed by atoms with Gasteiger partial charge in [-0.2, -0.15) is 0 Å². The van der Waals surface area contributed by atoms with Gasteiger partial charge in [-0.15, -0.1) is 0 Å². The second kappa shape index (κ2) is 6.40. The molecule has 1 saturated heterocycles. The molecule has 0 unspecified atom stereocenters. The molecule has 6 nitrogen and oxygen atoms in total. The molecule has 1 aromatic carbocycles. The summed E-state index contributed by atoms with van der Waals surface area (Å²) in [5.74, 6) is 0.314. The van der Waals surface area contributed by atoms with E-state index in [4.69, 9.17) is 0 Å². The summed E-state index contributed by atoms with van der Waals surface area (Å²) in [6.07, 6.45) is 2.03. The van der Waals surface area contributed by atoms with Crippen LogP contribution in [0, 0.1) is 5.92 Å². The van der Waals surface area contributed by atoms with Crippen LogP contribution < -0.4 is 5.32 Å². The van der Waals surface area contributed by atoms with Crippen LogP contribution in [0.1, 0.15) is 30.1 Å². The maximum atomic E-state index is 12.5. The van der Waals surface area contributed by atoms with E-state index in [9.17, 15) is 14.4 Å². The van der Waals surface area contributed by atoms with Crippen LogP contribution >= 0.6 is 0 Å². The average Bonchev–Trinajstić information content (AvgIpc) is 3.39. The highest BCUT2D eigenvalue weighted by atomic mass is 16.2. The second-order valence-corrected chi connectivity index (χ2v) is 6.15. The summed E-state index contributed by atoms with van der Waals surface area (Å²) >= 11 is 0. The predicted molar refractivity (Wildman–Crippen MR) is 86.0 cm³/mol. The van der Waals surface area contributed by atoms with Crippen molar-refractivity contribution in [2.24, 2.45) is 5.92 Å². The third kappa shape index (κ3) is 3.70. The fourth-order valence-corrected chi connectivity index (χ4v) is 2.80. The Labute approximate surface area is 135 Å². The minimum atomic E-state index is -0.138. The molecule has 0 radical (unpaired) electrons. The van der Waals surface area contributed by atoms with Gasteiger partial charge < -0.3 is 15.1 Å². The van der Waals surface area contributed by atoms with Gasteiger partial charge in [0.1, 0.15) is 0 Å². The Morgan fingerprint density at radius 3 is 2.04 bits per heavy atom. The zero-order valence-electron chi connectivity index (χ0n) is 13.2. The van der Waals surface area contributed by atoms with E-state index >= 15 is 0 Å². The number of hydrogen-bond acceptors (Lipinski definition) is 3. The van der Waals surface area contributed by atoms with Crippen LogP contribution in [0.5, 0.6) is 0 Å². The van der Waals surface area contributed by atoms with Crippen molar-refractivity contribution in [1.82, 2.24) is 9.80 Å². The van der Waals surface area contributed by atoms with Gasteiger partial charge >= 0.3 is 0 Å². The van der Waals surface area contributed by atoms with E-state index in [2.05, 4.69) is 5.32 Å². The molecule has 6 heteroatoms. The normalized spacial score (nSPS) is 17.8. The fourth-order valence-electron chi connectivity index (χ4n) is 2.80. The lowest BCUT2D eigenvalue weighted by molar-refractivity contribution is -0.134. The highest BCUT2D eigenvalue weighted by molar-refractivity contribution is 5.95. The van der Waals surface area contributed by atoms with Crippen molar-refractivity contribution in [1.29, 1.82) is 0 Å². The van der Waals surface area contributed by atoms with Gasteiger partial charge in [-0.1, -0.05) is 0 Å². The first-order valence-electron chi connectivity index (χ1n) is 8.00. The zero-order valence-corrected chi connectivity index (χ0v) is 13.2. The van der Waals surface area contributed by atoms with Gasteiger partial charge in [-0.25, -0.2) is 0 Å². The largest absolute Gasteiger partial charge is 0.339 e. The molecule has 1 aliphatic heterocycles. The molecule has 3 rings (SSSR count). The molecule has 1 N–H and O–H groups in total. The molecule has 0 spiro atoms. The zero-order chi connectivity index (χ0) is 16.4. The van der Waals surface area contributed by atoms with Gasteiger partial charge in [-0.3, -0.25) is 14.4 Å². The fraction of sp³-hybridized carbons (Fsp3) is 0.471. The van der Waals surface area contributed by atoms with Gasteiger partial charge in [0.25, 0.3) is 5.91 Å². The molecule has 1 heterocycles. The first kappa shape index (κ1) is 15.5. The molecule has 23 heavy (non-hydrogen) atoms. The van der Waals surface area contributed by atoms with E-state index in [1.807, 2.05) is 4.90 Å². The van der Waals surface area contributed by atoms with Gasteiger partial charge in [0.2, 0.25) is 11.8 Å². The number of piperazine rings is 1. The molecule has 2 fully saturated rings. The topological polar surface area (TPSA) is 69.7 Å². The van der Waals surface area contributed by atoms with Gasteiger partial charge in [0, 0.05) is 50.3 Å². The highest BCUT2D eigenvalue weighted by Crippen LogP contribution is 2.31. The van der Waals surface area contributed by atoms with Crippen molar-refractivity contribution in [2.75, 3.05) is 31.5 Å². The Balaban J connectivity index is 1.56. The summed E-state index contributed by atoms with van der Waals surface area (Å²) < 4.78 is 0. The summed E-state index contributed by atoms with van der Waals surface area (Å²) in [5.41, 5.74) is 1.27. The molecule has 1 saturated carbocycles. The van der Waals surface area contributed by atoms with E-state index in [1.165, 1.54) is 6.92 Å². The molecular formula is C17H21N3O3. The van der Waals surface area contributed by atoms with E-state index in [-0.39, 0.29) is 23.6 Å². The number of carbonyl (C=O) groups is 3. The average molecular weight is 315 g/mol. The minimum Gasteiger partial charge on any atom is -0.339 e. The van der Waals surface area contributed by atoms with Crippen LogP contribution in [-0.2, 0) is 9.59 Å². The van der Waals surface area contributed by atoms with Crippen LogP contribution in [0.25, 0.3) is 0 Å². The predicted octanol–water partition coefficient (Wildman–Crippen LogP) is 1.34. The molecule has 1 aliphatic carbocycles. The molecule has 3 amide bonds. The van der Waals surface area contributed by atoms with Crippen molar-refractivity contribution in [2.45, 2.75) is 19.8 Å². The first-order valence-corrected chi connectivity index (χ1v) is 8.00. The Morgan fingerprint density at radius 2 is 1.52 bits per heavy atom. The van der Waals surface area contributed by atoms with Crippen LogP contribution in [0.15, 0.2) is 24.3 Å². The SMILES string of the molecule is CC(=O)Nc1ccc(C(=O)N2CCN(C(=O)C3CC3)CC2)cc1. The van der Waals surface area contributed by atoms with E-state index in [0.717, 1.165) is 12.8 Å². The number of carbonyl (C=O) groups excluding carboxylic acids is 3. The van der Waals surface area contributed by atoms with E-state index in [0.29, 0.717) is 37.4 Å². The summed E-state index contributed by atoms with van der Waals surface area (Å²) in [7, 11) is 0. The standard InChI is InChI=1S/C17H21N3O3/c1-12(21)18-15-6-4-14(5-7-15)17(23)20-10-8-19(9-11-20)16(22)13-2-3-13/h4-7,13H,2-3,8-11H2,1H3,(H,18,21). The number of nitrogens with one attached hydrogen (secondary N) is 1. The van der Waals surface area contributed by atoms with Gasteiger partial charge in [0.15, 0.2) is 0 Å². The molecule has 1 aromatic rings. The van der Waals surface area contributed by atoms with Crippen LogP contribution in [0.3, 0.4) is 0 Å². The van der Waals surface area contributed by atoms with Crippen molar-refractivity contribution >= 4 is 23.4 Å². The number of amides is 3. The molecule has 0 bridgehead atoms. The third-order valence-electron chi connectivity index (χ3n) is 4.26. The molecule has 122 valence electrons. The third-order valence-corrected chi connectivity index (χ3v) is 4.26. The maximum absolute atomic E-state index is 12.5. The second-order valence-electron chi connectivity index (χ2n) is 6.15. The number of benzene rings is 1. The summed E-state index contributed by atoms with van der Waals surface area (Å²) in [5, 5.41) is 2.68. The highest BCUT2D eigenvalue weighted by Gasteiger charge is 2.35. The van der Waals surface area contributed by atoms with Gasteiger partial charge in [0.05, 0.1) is 0 Å². The van der Waals surface area contributed by atoms with Crippen molar-refractivity contribution in [3.63, 3.8) is 0 Å². The molecule has 0 aromatic heterocycles. The van der Waals surface area contributed by atoms with Crippen molar-refractivity contribution in [3.05, 3.63) is 29.8 Å². The van der Waals surface area contributed by atoms with Gasteiger partial charge in [-0.05, 0) is 37.1 Å². The minimum absolute atomic E-state index is 0.0297. The number of nitrogens with zero attached hydrogens (tertiary/aromatic N) is 2. The Hall–Kier alpha value is -2.37. The monoisotopic (exact) mass is 315 g/mol. The van der Waals surface area contributed by atoms with E-state index in [1.54, 1.807) is 29.2 Å². The molecule has 0 atom stereocenters. The quantitative estimate of drug-likeness (QED) is 0.915. The Morgan fingerprint density at radius 1 is 0.957 bits per heavy atom. The van der Waals surface area contributed by atoms with Crippen LogP contribution in [0.2, 0.25) is 0 Å². The summed E-state index contributed by atoms with van der Waals surface area (Å²) in [6, 6.07) is 6.88. The lowest BCUT2D eigenvalue weighted by Gasteiger charge is -2.35. The smallest absolute Gasteiger partial charge is 0.253 e. The summed E-state index contributed by atoms with van der Waals surface area (Å²) in [6.45, 7) is 3.83. The number of rotatable bonds is 3. The van der Waals surface area contributed by atoms with Crippen LogP contribution in [0.4, 0.5) is 5.69 Å². The van der Waals surface area contributed by atoms with Crippen molar-refractivity contribution < 1.29 is 14.4 Å². The molecule has 2 aliphatic rings. The maximum Gasteiger partial charge on any atom is 0.253 e. The Kier molecular flexibility index (Phi) is 4.32. The van der Waals surface area contributed by atoms with Crippen molar-refractivity contribution in [3.8, 4) is 0 Å². The summed E-state index contributed by atoms with van der Waals surface area (Å²) in [4.78, 5) is 39.2. The van der Waals surface area contributed by atoms with E-state index < -0.39 is 0 Å². The number of hydrogen-bond donors (Lipinski definition) is 1. The van der Waals surface area contributed by atoms with Crippen LogP contribution in [-0.4, -0.2) is 53.7 Å². The molecular weight excluding hydrogens is 294 g/mol.